The van der Waals surface area contributed by atoms with Gasteiger partial charge in [0.25, 0.3) is 0 Å². The van der Waals surface area contributed by atoms with Crippen molar-refractivity contribution >= 4 is 34.4 Å². The van der Waals surface area contributed by atoms with Gasteiger partial charge < -0.3 is 10.8 Å². The first kappa shape index (κ1) is 21.0. The largest absolute Gasteiger partial charge is 0.305 e. The molecule has 0 radical (unpaired) electrons. The molecule has 3 nitrogen and oxygen atoms in total. The first-order valence-corrected chi connectivity index (χ1v) is 10.1. The lowest BCUT2D eigenvalue weighted by Crippen LogP contribution is -2.10. The van der Waals surface area contributed by atoms with Gasteiger partial charge in [-0.05, 0) is 42.8 Å². The van der Waals surface area contributed by atoms with Crippen molar-refractivity contribution in [1.82, 2.24) is 4.98 Å². The van der Waals surface area contributed by atoms with Gasteiger partial charge in [0, 0.05) is 50.4 Å². The van der Waals surface area contributed by atoms with Crippen LogP contribution in [0.4, 0.5) is 0 Å². The molecule has 0 aliphatic carbocycles. The van der Waals surface area contributed by atoms with Crippen molar-refractivity contribution < 1.29 is 0 Å². The number of nitrogens with zero attached hydrogens (tertiary/aromatic N) is 1. The van der Waals surface area contributed by atoms with Crippen LogP contribution >= 0.6 is 22.9 Å². The number of nitrogens with one attached hydrogen (secondary N) is 2. The van der Waals surface area contributed by atoms with E-state index < -0.39 is 0 Å². The van der Waals surface area contributed by atoms with Crippen molar-refractivity contribution in [2.75, 3.05) is 0 Å². The van der Waals surface area contributed by atoms with Crippen LogP contribution in [0.25, 0.3) is 10.4 Å². The predicted octanol–water partition coefficient (Wildman–Crippen LogP) is 6.95. The second kappa shape index (κ2) is 10.1. The van der Waals surface area contributed by atoms with E-state index in [4.69, 9.17) is 22.4 Å². The highest BCUT2D eigenvalue weighted by atomic mass is 35.5. The maximum absolute atomic E-state index is 8.12. The first-order chi connectivity index (χ1) is 12.9. The average Bonchev–Trinajstić information content (AvgIpc) is 3.22. The van der Waals surface area contributed by atoms with Gasteiger partial charge in [0.1, 0.15) is 0 Å². The lowest BCUT2D eigenvalue weighted by molar-refractivity contribution is 0.736. The molecule has 1 atom stereocenters. The summed E-state index contributed by atoms with van der Waals surface area (Å²) in [5.74, 6) is 0.287. The van der Waals surface area contributed by atoms with Crippen LogP contribution in [0.5, 0.6) is 0 Å². The number of pyridine rings is 1. The molecule has 140 valence electrons. The standard InChI is InChI=1S/C14H16N2S.C8H8ClN/c1-3-10(2)14(15)12-7-11(8-16-9-12)13-5-4-6-17-13;1-6(10)7-4-2-3-5-8(7)9/h4-10,15H,3H2,1-2H3;2-5,10H,1H3. The minimum absolute atomic E-state index is 0.287. The van der Waals surface area contributed by atoms with E-state index in [1.807, 2.05) is 30.5 Å². The van der Waals surface area contributed by atoms with Crippen LogP contribution in [0.3, 0.4) is 0 Å². The van der Waals surface area contributed by atoms with E-state index >= 15 is 0 Å². The van der Waals surface area contributed by atoms with Crippen LogP contribution in [0.15, 0.2) is 60.2 Å². The highest BCUT2D eigenvalue weighted by Gasteiger charge is 2.10. The van der Waals surface area contributed by atoms with Gasteiger partial charge in [-0.25, -0.2) is 0 Å². The molecule has 0 amide bonds. The van der Waals surface area contributed by atoms with Crippen molar-refractivity contribution in [3.8, 4) is 10.4 Å². The Bertz CT molecular complexity index is 903. The molecule has 27 heavy (non-hydrogen) atoms. The Kier molecular flexibility index (Phi) is 7.89. The number of halogens is 1. The van der Waals surface area contributed by atoms with Crippen molar-refractivity contribution in [3.63, 3.8) is 0 Å². The van der Waals surface area contributed by atoms with E-state index in [9.17, 15) is 0 Å². The van der Waals surface area contributed by atoms with Gasteiger partial charge in [0.05, 0.1) is 0 Å². The smallest absolute Gasteiger partial charge is 0.0496 e. The fourth-order valence-corrected chi connectivity index (χ4v) is 3.40. The minimum atomic E-state index is 0.287. The normalized spacial score (nSPS) is 11.3. The molecule has 0 spiro atoms. The zero-order valence-corrected chi connectivity index (χ0v) is 17.4. The van der Waals surface area contributed by atoms with Gasteiger partial charge in [-0.3, -0.25) is 4.98 Å². The molecule has 0 fully saturated rings. The summed E-state index contributed by atoms with van der Waals surface area (Å²) in [7, 11) is 0. The third-order valence-corrected chi connectivity index (χ3v) is 5.49. The van der Waals surface area contributed by atoms with Crippen molar-refractivity contribution in [2.45, 2.75) is 27.2 Å². The number of hydrogen-bond donors (Lipinski definition) is 2. The molecule has 1 aromatic carbocycles. The van der Waals surface area contributed by atoms with Crippen LogP contribution in [0.2, 0.25) is 5.02 Å². The van der Waals surface area contributed by atoms with Crippen LogP contribution in [0, 0.1) is 16.7 Å². The summed E-state index contributed by atoms with van der Waals surface area (Å²) >= 11 is 7.48. The summed E-state index contributed by atoms with van der Waals surface area (Å²) in [4.78, 5) is 5.45. The molecular weight excluding hydrogens is 374 g/mol. The van der Waals surface area contributed by atoms with E-state index in [0.717, 1.165) is 23.1 Å². The molecule has 0 bridgehead atoms. The summed E-state index contributed by atoms with van der Waals surface area (Å²) in [6.07, 6.45) is 4.63. The van der Waals surface area contributed by atoms with Gasteiger partial charge >= 0.3 is 0 Å². The molecule has 5 heteroatoms. The molecule has 1 unspecified atom stereocenters. The van der Waals surface area contributed by atoms with Crippen molar-refractivity contribution in [3.05, 3.63) is 76.4 Å². The van der Waals surface area contributed by atoms with Gasteiger partial charge in [0.2, 0.25) is 0 Å². The number of thiophene rings is 1. The quantitative estimate of drug-likeness (QED) is 0.449. The Balaban J connectivity index is 0.000000223. The monoisotopic (exact) mass is 397 g/mol. The fraction of sp³-hybridized carbons (Fsp3) is 0.227. The Morgan fingerprint density at radius 3 is 2.44 bits per heavy atom. The molecule has 0 aliphatic rings. The molecule has 3 rings (SSSR count). The summed E-state index contributed by atoms with van der Waals surface area (Å²) < 4.78 is 0. The molecule has 0 saturated carbocycles. The zero-order chi connectivity index (χ0) is 19.8. The lowest BCUT2D eigenvalue weighted by Gasteiger charge is -2.11. The number of aromatic nitrogens is 1. The number of hydrogen-bond acceptors (Lipinski definition) is 4. The Hall–Kier alpha value is -2.30. The van der Waals surface area contributed by atoms with E-state index in [2.05, 4.69) is 36.3 Å². The molecule has 3 aromatic rings. The SMILES string of the molecule is CC(=N)c1ccccc1Cl.CCC(C)C(=N)c1cncc(-c2cccs2)c1. The molecule has 0 saturated heterocycles. The summed E-state index contributed by atoms with van der Waals surface area (Å²) in [6, 6.07) is 13.5. The van der Waals surface area contributed by atoms with Crippen LogP contribution in [-0.2, 0) is 0 Å². The lowest BCUT2D eigenvalue weighted by atomic mass is 9.96. The Morgan fingerprint density at radius 2 is 1.89 bits per heavy atom. The van der Waals surface area contributed by atoms with Crippen LogP contribution in [0.1, 0.15) is 38.3 Å². The third kappa shape index (κ3) is 5.84. The van der Waals surface area contributed by atoms with E-state index in [1.54, 1.807) is 30.5 Å². The van der Waals surface area contributed by atoms with Gasteiger partial charge in [-0.1, -0.05) is 49.7 Å². The van der Waals surface area contributed by atoms with Crippen LogP contribution < -0.4 is 0 Å². The topological polar surface area (TPSA) is 60.6 Å². The predicted molar refractivity (Wildman–Crippen MR) is 118 cm³/mol. The summed E-state index contributed by atoms with van der Waals surface area (Å²) in [5.41, 5.74) is 4.03. The Morgan fingerprint density at radius 1 is 1.15 bits per heavy atom. The average molecular weight is 398 g/mol. The second-order valence-corrected chi connectivity index (χ2v) is 7.62. The second-order valence-electron chi connectivity index (χ2n) is 6.27. The fourth-order valence-electron chi connectivity index (χ4n) is 2.42. The summed E-state index contributed by atoms with van der Waals surface area (Å²) in [6.45, 7) is 5.91. The van der Waals surface area contributed by atoms with Crippen molar-refractivity contribution in [2.24, 2.45) is 5.92 Å². The zero-order valence-electron chi connectivity index (χ0n) is 15.8. The van der Waals surface area contributed by atoms with Gasteiger partial charge in [0.15, 0.2) is 0 Å². The minimum Gasteiger partial charge on any atom is -0.305 e. The van der Waals surface area contributed by atoms with E-state index in [1.165, 1.54) is 4.88 Å². The molecule has 2 N–H and O–H groups in total. The Labute approximate surface area is 170 Å². The first-order valence-electron chi connectivity index (χ1n) is 8.81. The maximum atomic E-state index is 8.12. The van der Waals surface area contributed by atoms with Gasteiger partial charge in [-0.15, -0.1) is 11.3 Å². The van der Waals surface area contributed by atoms with Gasteiger partial charge in [-0.2, -0.15) is 0 Å². The van der Waals surface area contributed by atoms with E-state index in [0.29, 0.717) is 16.4 Å². The van der Waals surface area contributed by atoms with Crippen LogP contribution in [-0.4, -0.2) is 16.4 Å². The maximum Gasteiger partial charge on any atom is 0.0496 e. The number of benzene rings is 1. The summed E-state index contributed by atoms with van der Waals surface area (Å²) in [5, 5.41) is 18.1. The molecule has 0 aliphatic heterocycles. The highest BCUT2D eigenvalue weighted by Crippen LogP contribution is 2.25. The van der Waals surface area contributed by atoms with E-state index in [-0.39, 0.29) is 5.92 Å². The highest BCUT2D eigenvalue weighted by molar-refractivity contribution is 7.13. The molecule has 2 heterocycles. The number of rotatable bonds is 5. The van der Waals surface area contributed by atoms with Crippen molar-refractivity contribution in [1.29, 1.82) is 10.8 Å². The molecular formula is C22H24ClN3S. The third-order valence-electron chi connectivity index (χ3n) is 4.24. The molecule has 2 aromatic heterocycles.